The SMILES string of the molecule is Cc1ccc(C(C#N)C(=O)c2ccc(Cl)cc2)cc1. The van der Waals surface area contributed by atoms with Crippen molar-refractivity contribution in [2.75, 3.05) is 0 Å². The first-order chi connectivity index (χ1) is 9.11. The molecule has 0 heterocycles. The summed E-state index contributed by atoms with van der Waals surface area (Å²) in [7, 11) is 0. The average molecular weight is 270 g/mol. The zero-order valence-corrected chi connectivity index (χ0v) is 11.2. The Bertz CT molecular complexity index is 623. The van der Waals surface area contributed by atoms with Gasteiger partial charge in [0.1, 0.15) is 5.92 Å². The Hall–Kier alpha value is -2.11. The number of hydrogen-bond donors (Lipinski definition) is 0. The summed E-state index contributed by atoms with van der Waals surface area (Å²) in [6, 6.07) is 16.1. The summed E-state index contributed by atoms with van der Waals surface area (Å²) in [5.41, 5.74) is 2.31. The molecule has 2 aromatic carbocycles. The highest BCUT2D eigenvalue weighted by atomic mass is 35.5. The van der Waals surface area contributed by atoms with Gasteiger partial charge in [-0.05, 0) is 36.8 Å². The third-order valence-electron chi connectivity index (χ3n) is 2.93. The lowest BCUT2D eigenvalue weighted by atomic mass is 9.91. The van der Waals surface area contributed by atoms with Crippen LogP contribution in [0.3, 0.4) is 0 Å². The molecule has 0 aliphatic heterocycles. The van der Waals surface area contributed by atoms with Crippen LogP contribution in [0.4, 0.5) is 0 Å². The van der Waals surface area contributed by atoms with E-state index in [-0.39, 0.29) is 5.78 Å². The molecule has 3 heteroatoms. The highest BCUT2D eigenvalue weighted by Gasteiger charge is 2.21. The fraction of sp³-hybridized carbons (Fsp3) is 0.125. The van der Waals surface area contributed by atoms with Crippen LogP contribution in [0.25, 0.3) is 0 Å². The van der Waals surface area contributed by atoms with Gasteiger partial charge in [0.05, 0.1) is 6.07 Å². The molecular weight excluding hydrogens is 258 g/mol. The molecule has 0 amide bonds. The number of carbonyl (C=O) groups excluding carboxylic acids is 1. The molecule has 0 spiro atoms. The van der Waals surface area contributed by atoms with Crippen molar-refractivity contribution >= 4 is 17.4 Å². The second kappa shape index (κ2) is 5.69. The summed E-state index contributed by atoms with van der Waals surface area (Å²) in [5, 5.41) is 9.81. The van der Waals surface area contributed by atoms with Crippen molar-refractivity contribution in [1.82, 2.24) is 0 Å². The molecule has 2 rings (SSSR count). The second-order valence-corrected chi connectivity index (χ2v) is 4.78. The number of ketones is 1. The van der Waals surface area contributed by atoms with Crippen molar-refractivity contribution in [3.63, 3.8) is 0 Å². The van der Waals surface area contributed by atoms with Gasteiger partial charge in [-0.1, -0.05) is 41.4 Å². The van der Waals surface area contributed by atoms with Crippen molar-refractivity contribution in [1.29, 1.82) is 5.26 Å². The minimum Gasteiger partial charge on any atom is -0.292 e. The zero-order chi connectivity index (χ0) is 13.8. The van der Waals surface area contributed by atoms with Crippen LogP contribution in [0.5, 0.6) is 0 Å². The molecule has 0 aliphatic rings. The standard InChI is InChI=1S/C16H12ClNO/c1-11-2-4-12(5-3-11)15(10-18)16(19)13-6-8-14(17)9-7-13/h2-9,15H,1H3. The lowest BCUT2D eigenvalue weighted by Gasteiger charge is -2.09. The van der Waals surface area contributed by atoms with Crippen LogP contribution in [0.1, 0.15) is 27.4 Å². The third-order valence-corrected chi connectivity index (χ3v) is 3.18. The van der Waals surface area contributed by atoms with Gasteiger partial charge in [0.15, 0.2) is 5.78 Å². The molecule has 0 radical (unpaired) electrons. The van der Waals surface area contributed by atoms with E-state index in [1.54, 1.807) is 24.3 Å². The Morgan fingerprint density at radius 1 is 1.11 bits per heavy atom. The van der Waals surface area contributed by atoms with Gasteiger partial charge in [-0.15, -0.1) is 0 Å². The molecule has 0 N–H and O–H groups in total. The predicted octanol–water partition coefficient (Wildman–Crippen LogP) is 4.14. The van der Waals surface area contributed by atoms with Gasteiger partial charge in [-0.3, -0.25) is 4.79 Å². The van der Waals surface area contributed by atoms with Gasteiger partial charge in [-0.25, -0.2) is 0 Å². The smallest absolute Gasteiger partial charge is 0.184 e. The maximum atomic E-state index is 12.3. The van der Waals surface area contributed by atoms with Gasteiger partial charge >= 0.3 is 0 Å². The van der Waals surface area contributed by atoms with Crippen molar-refractivity contribution in [2.45, 2.75) is 12.8 Å². The molecule has 0 saturated heterocycles. The molecule has 2 nitrogen and oxygen atoms in total. The first-order valence-corrected chi connectivity index (χ1v) is 6.25. The molecule has 0 fully saturated rings. The van der Waals surface area contributed by atoms with E-state index in [0.29, 0.717) is 16.1 Å². The maximum absolute atomic E-state index is 12.3. The number of rotatable bonds is 3. The minimum absolute atomic E-state index is 0.206. The van der Waals surface area contributed by atoms with E-state index >= 15 is 0 Å². The first-order valence-electron chi connectivity index (χ1n) is 5.88. The van der Waals surface area contributed by atoms with Crippen molar-refractivity contribution in [3.05, 3.63) is 70.2 Å². The van der Waals surface area contributed by atoms with Crippen LogP contribution in [-0.2, 0) is 0 Å². The Morgan fingerprint density at radius 3 is 2.21 bits per heavy atom. The number of halogens is 1. The molecular formula is C16H12ClNO. The van der Waals surface area contributed by atoms with Crippen molar-refractivity contribution < 1.29 is 4.79 Å². The van der Waals surface area contributed by atoms with Crippen LogP contribution in [0.15, 0.2) is 48.5 Å². The largest absolute Gasteiger partial charge is 0.292 e. The molecule has 0 aliphatic carbocycles. The number of Topliss-reactive ketones (excluding diaryl/α,β-unsaturated/α-hetero) is 1. The summed E-state index contributed by atoms with van der Waals surface area (Å²) in [4.78, 5) is 12.3. The molecule has 19 heavy (non-hydrogen) atoms. The summed E-state index contributed by atoms with van der Waals surface area (Å²) in [6.07, 6.45) is 0. The summed E-state index contributed by atoms with van der Waals surface area (Å²) in [5.74, 6) is -0.982. The highest BCUT2D eigenvalue weighted by molar-refractivity contribution is 6.30. The predicted molar refractivity (Wildman–Crippen MR) is 75.3 cm³/mol. The van der Waals surface area contributed by atoms with Gasteiger partial charge in [0.25, 0.3) is 0 Å². The zero-order valence-electron chi connectivity index (χ0n) is 10.4. The van der Waals surface area contributed by atoms with E-state index < -0.39 is 5.92 Å². The van der Waals surface area contributed by atoms with E-state index in [1.165, 1.54) is 0 Å². The third kappa shape index (κ3) is 3.01. The lowest BCUT2D eigenvalue weighted by Crippen LogP contribution is -2.11. The molecule has 0 saturated carbocycles. The Kier molecular flexibility index (Phi) is 3.99. The number of hydrogen-bond acceptors (Lipinski definition) is 2. The number of carbonyl (C=O) groups is 1. The Labute approximate surface area is 117 Å². The van der Waals surface area contributed by atoms with Crippen LogP contribution in [0.2, 0.25) is 5.02 Å². The fourth-order valence-corrected chi connectivity index (χ4v) is 1.95. The summed E-state index contributed by atoms with van der Waals surface area (Å²) < 4.78 is 0. The van der Waals surface area contributed by atoms with Crippen LogP contribution < -0.4 is 0 Å². The normalized spacial score (nSPS) is 11.6. The van der Waals surface area contributed by atoms with Crippen LogP contribution >= 0.6 is 11.6 Å². The van der Waals surface area contributed by atoms with Gasteiger partial charge in [0, 0.05) is 10.6 Å². The number of nitrogens with zero attached hydrogens (tertiary/aromatic N) is 1. The molecule has 94 valence electrons. The van der Waals surface area contributed by atoms with Gasteiger partial charge in [-0.2, -0.15) is 5.26 Å². The Morgan fingerprint density at radius 2 is 1.68 bits per heavy atom. The van der Waals surface area contributed by atoms with Gasteiger partial charge in [0.2, 0.25) is 0 Å². The monoisotopic (exact) mass is 269 g/mol. The van der Waals surface area contributed by atoms with E-state index in [0.717, 1.165) is 5.56 Å². The molecule has 2 aromatic rings. The number of nitriles is 1. The minimum atomic E-state index is -0.776. The molecule has 1 unspecified atom stereocenters. The van der Waals surface area contributed by atoms with E-state index in [9.17, 15) is 10.1 Å². The topological polar surface area (TPSA) is 40.9 Å². The van der Waals surface area contributed by atoms with E-state index in [1.807, 2.05) is 31.2 Å². The summed E-state index contributed by atoms with van der Waals surface area (Å²) >= 11 is 5.79. The van der Waals surface area contributed by atoms with Gasteiger partial charge < -0.3 is 0 Å². The number of aryl methyl sites for hydroxylation is 1. The Balaban J connectivity index is 2.32. The second-order valence-electron chi connectivity index (χ2n) is 4.34. The highest BCUT2D eigenvalue weighted by Crippen LogP contribution is 2.22. The lowest BCUT2D eigenvalue weighted by molar-refractivity contribution is 0.0979. The fourth-order valence-electron chi connectivity index (χ4n) is 1.82. The summed E-state index contributed by atoms with van der Waals surface area (Å²) in [6.45, 7) is 1.96. The van der Waals surface area contributed by atoms with Crippen LogP contribution in [0, 0.1) is 18.3 Å². The molecule has 0 aromatic heterocycles. The quantitative estimate of drug-likeness (QED) is 0.786. The van der Waals surface area contributed by atoms with E-state index in [2.05, 4.69) is 6.07 Å². The molecule has 0 bridgehead atoms. The van der Waals surface area contributed by atoms with Crippen molar-refractivity contribution in [3.8, 4) is 6.07 Å². The number of benzene rings is 2. The maximum Gasteiger partial charge on any atom is 0.184 e. The average Bonchev–Trinajstić information content (AvgIpc) is 2.42. The van der Waals surface area contributed by atoms with Crippen LogP contribution in [-0.4, -0.2) is 5.78 Å². The van der Waals surface area contributed by atoms with E-state index in [4.69, 9.17) is 11.6 Å². The first kappa shape index (κ1) is 13.3. The molecule has 1 atom stereocenters. The van der Waals surface area contributed by atoms with Crippen molar-refractivity contribution in [2.24, 2.45) is 0 Å².